The Hall–Kier alpha value is -0.630. The fourth-order valence-electron chi connectivity index (χ4n) is 1.08. The van der Waals surface area contributed by atoms with Crippen molar-refractivity contribution in [3.63, 3.8) is 0 Å². The fourth-order valence-corrected chi connectivity index (χ4v) is 1.35. The van der Waals surface area contributed by atoms with E-state index in [0.29, 0.717) is 5.92 Å². The highest BCUT2D eigenvalue weighted by Crippen LogP contribution is 2.29. The van der Waals surface area contributed by atoms with Crippen LogP contribution in [0.25, 0.3) is 0 Å². The number of alkyl halides is 2. The van der Waals surface area contributed by atoms with Crippen molar-refractivity contribution in [3.8, 4) is 0 Å². The first-order valence-electron chi connectivity index (χ1n) is 4.10. The lowest BCUT2D eigenvalue weighted by Crippen LogP contribution is -1.91. The molecule has 0 unspecified atom stereocenters. The van der Waals surface area contributed by atoms with Crippen LogP contribution in [0.2, 0.25) is 5.02 Å². The predicted molar refractivity (Wildman–Crippen MR) is 50.5 cm³/mol. The molecule has 0 N–H and O–H groups in total. The Kier molecular flexibility index (Phi) is 3.26. The summed E-state index contributed by atoms with van der Waals surface area (Å²) in [7, 11) is 0. The molecule has 0 radical (unpaired) electrons. The normalized spacial score (nSPS) is 11.3. The second-order valence-electron chi connectivity index (χ2n) is 3.24. The summed E-state index contributed by atoms with van der Waals surface area (Å²) in [4.78, 5) is 0. The molecule has 0 bridgehead atoms. The zero-order chi connectivity index (χ0) is 10.0. The Labute approximate surface area is 81.5 Å². The lowest BCUT2D eigenvalue weighted by molar-refractivity contribution is 0.151. The molecule has 0 amide bonds. The number of benzene rings is 1. The van der Waals surface area contributed by atoms with Crippen LogP contribution in [-0.4, -0.2) is 0 Å². The molecule has 13 heavy (non-hydrogen) atoms. The van der Waals surface area contributed by atoms with E-state index in [2.05, 4.69) is 0 Å². The zero-order valence-corrected chi connectivity index (χ0v) is 8.28. The quantitative estimate of drug-likeness (QED) is 0.670. The molecule has 0 heterocycles. The molecule has 0 spiro atoms. The van der Waals surface area contributed by atoms with Gasteiger partial charge in [0, 0.05) is 10.6 Å². The standard InChI is InChI=1S/C10H11ClF2/c1-6(2)7-3-4-8(10(12)13)9(11)5-7/h3-6,10H,1-2H3. The van der Waals surface area contributed by atoms with E-state index < -0.39 is 6.43 Å². The number of hydrogen-bond donors (Lipinski definition) is 0. The highest BCUT2D eigenvalue weighted by molar-refractivity contribution is 6.31. The van der Waals surface area contributed by atoms with Crippen molar-refractivity contribution in [1.82, 2.24) is 0 Å². The molecule has 0 aliphatic heterocycles. The number of halogens is 3. The molecule has 0 fully saturated rings. The Bertz CT molecular complexity index is 295. The van der Waals surface area contributed by atoms with Gasteiger partial charge < -0.3 is 0 Å². The summed E-state index contributed by atoms with van der Waals surface area (Å²) in [5, 5.41) is 0.154. The Balaban J connectivity index is 3.06. The molecular weight excluding hydrogens is 194 g/mol. The first-order chi connectivity index (χ1) is 6.02. The van der Waals surface area contributed by atoms with E-state index in [9.17, 15) is 8.78 Å². The highest BCUT2D eigenvalue weighted by atomic mass is 35.5. The molecule has 3 heteroatoms. The van der Waals surface area contributed by atoms with E-state index in [1.807, 2.05) is 13.8 Å². The summed E-state index contributed by atoms with van der Waals surface area (Å²) in [5.74, 6) is 0.309. The van der Waals surface area contributed by atoms with E-state index in [1.165, 1.54) is 6.07 Å². The van der Waals surface area contributed by atoms with Crippen molar-refractivity contribution >= 4 is 11.6 Å². The van der Waals surface area contributed by atoms with Gasteiger partial charge in [-0.2, -0.15) is 0 Å². The van der Waals surface area contributed by atoms with Gasteiger partial charge in [-0.3, -0.25) is 0 Å². The molecule has 0 aliphatic carbocycles. The van der Waals surface area contributed by atoms with Crippen LogP contribution >= 0.6 is 11.6 Å². The third-order valence-electron chi connectivity index (χ3n) is 1.93. The van der Waals surface area contributed by atoms with Gasteiger partial charge in [0.15, 0.2) is 0 Å². The van der Waals surface area contributed by atoms with Gasteiger partial charge in [-0.1, -0.05) is 37.6 Å². The maximum absolute atomic E-state index is 12.3. The van der Waals surface area contributed by atoms with Crippen molar-refractivity contribution in [3.05, 3.63) is 34.3 Å². The molecule has 1 aromatic carbocycles. The number of hydrogen-bond acceptors (Lipinski definition) is 0. The van der Waals surface area contributed by atoms with Gasteiger partial charge in [-0.15, -0.1) is 0 Å². The molecule has 0 nitrogen and oxygen atoms in total. The Morgan fingerprint density at radius 1 is 1.23 bits per heavy atom. The maximum Gasteiger partial charge on any atom is 0.265 e. The second-order valence-corrected chi connectivity index (χ2v) is 3.64. The van der Waals surface area contributed by atoms with Gasteiger partial charge >= 0.3 is 0 Å². The smallest absolute Gasteiger partial charge is 0.205 e. The molecule has 0 aromatic heterocycles. The summed E-state index contributed by atoms with van der Waals surface area (Å²) in [5.41, 5.74) is 0.889. The summed E-state index contributed by atoms with van der Waals surface area (Å²) >= 11 is 5.69. The van der Waals surface area contributed by atoms with E-state index in [0.717, 1.165) is 5.56 Å². The lowest BCUT2D eigenvalue weighted by Gasteiger charge is -2.08. The first-order valence-corrected chi connectivity index (χ1v) is 4.47. The van der Waals surface area contributed by atoms with Gasteiger partial charge in [-0.25, -0.2) is 8.78 Å². The van der Waals surface area contributed by atoms with Crippen LogP contribution in [0.3, 0.4) is 0 Å². The van der Waals surface area contributed by atoms with Crippen LogP contribution in [0.5, 0.6) is 0 Å². The average molecular weight is 205 g/mol. The van der Waals surface area contributed by atoms with Gasteiger partial charge in [0.25, 0.3) is 6.43 Å². The minimum absolute atomic E-state index is 0.0916. The van der Waals surface area contributed by atoms with Crippen molar-refractivity contribution in [1.29, 1.82) is 0 Å². The van der Waals surface area contributed by atoms with Gasteiger partial charge in [0.2, 0.25) is 0 Å². The van der Waals surface area contributed by atoms with Crippen LogP contribution in [0.1, 0.15) is 37.3 Å². The summed E-state index contributed by atoms with van der Waals surface area (Å²) in [6.45, 7) is 3.99. The molecule has 0 aliphatic rings. The largest absolute Gasteiger partial charge is 0.265 e. The van der Waals surface area contributed by atoms with E-state index in [4.69, 9.17) is 11.6 Å². The zero-order valence-electron chi connectivity index (χ0n) is 7.52. The topological polar surface area (TPSA) is 0 Å². The molecule has 0 atom stereocenters. The lowest BCUT2D eigenvalue weighted by atomic mass is 10.0. The molecule has 0 saturated heterocycles. The van der Waals surface area contributed by atoms with E-state index in [1.54, 1.807) is 12.1 Å². The molecule has 72 valence electrons. The third-order valence-corrected chi connectivity index (χ3v) is 2.25. The fraction of sp³-hybridized carbons (Fsp3) is 0.400. The van der Waals surface area contributed by atoms with E-state index >= 15 is 0 Å². The van der Waals surface area contributed by atoms with Crippen molar-refractivity contribution in [2.45, 2.75) is 26.2 Å². The van der Waals surface area contributed by atoms with Gasteiger partial charge in [0.05, 0.1) is 0 Å². The van der Waals surface area contributed by atoms with Crippen LogP contribution in [0.15, 0.2) is 18.2 Å². The minimum atomic E-state index is -2.49. The maximum atomic E-state index is 12.3. The van der Waals surface area contributed by atoms with Crippen LogP contribution in [-0.2, 0) is 0 Å². The second kappa shape index (κ2) is 4.05. The predicted octanol–water partition coefficient (Wildman–Crippen LogP) is 4.40. The SMILES string of the molecule is CC(C)c1ccc(C(F)F)c(Cl)c1. The molecule has 1 aromatic rings. The Morgan fingerprint density at radius 3 is 2.23 bits per heavy atom. The monoisotopic (exact) mass is 204 g/mol. The van der Waals surface area contributed by atoms with Crippen LogP contribution < -0.4 is 0 Å². The van der Waals surface area contributed by atoms with Crippen LogP contribution in [0, 0.1) is 0 Å². The minimum Gasteiger partial charge on any atom is -0.205 e. The van der Waals surface area contributed by atoms with E-state index in [-0.39, 0.29) is 10.6 Å². The summed E-state index contributed by atoms with van der Waals surface area (Å²) in [6.07, 6.45) is -2.49. The average Bonchev–Trinajstić information content (AvgIpc) is 2.03. The summed E-state index contributed by atoms with van der Waals surface area (Å²) < 4.78 is 24.6. The van der Waals surface area contributed by atoms with Crippen molar-refractivity contribution in [2.24, 2.45) is 0 Å². The van der Waals surface area contributed by atoms with Gasteiger partial charge in [-0.05, 0) is 17.5 Å². The molecule has 0 saturated carbocycles. The summed E-state index contributed by atoms with van der Waals surface area (Å²) in [6, 6.07) is 4.69. The van der Waals surface area contributed by atoms with Crippen molar-refractivity contribution in [2.75, 3.05) is 0 Å². The molecular formula is C10H11ClF2. The van der Waals surface area contributed by atoms with Crippen LogP contribution in [0.4, 0.5) is 8.78 Å². The van der Waals surface area contributed by atoms with Crippen molar-refractivity contribution < 1.29 is 8.78 Å². The Morgan fingerprint density at radius 2 is 1.85 bits per heavy atom. The third kappa shape index (κ3) is 2.41. The molecule has 1 rings (SSSR count). The highest BCUT2D eigenvalue weighted by Gasteiger charge is 2.12. The van der Waals surface area contributed by atoms with Gasteiger partial charge in [0.1, 0.15) is 0 Å². The first kappa shape index (κ1) is 10.5. The number of rotatable bonds is 2.